The molecule has 3 unspecified atom stereocenters. The highest BCUT2D eigenvalue weighted by molar-refractivity contribution is 6.31. The molecule has 1 aliphatic carbocycles. The number of rotatable bonds is 5. The van der Waals surface area contributed by atoms with Gasteiger partial charge in [0.2, 0.25) is 5.91 Å². The highest BCUT2D eigenvalue weighted by Gasteiger charge is 2.47. The number of benzene rings is 1. The summed E-state index contributed by atoms with van der Waals surface area (Å²) in [6.45, 7) is -1.66. The van der Waals surface area contributed by atoms with Crippen LogP contribution in [0.2, 0.25) is 5.02 Å². The number of nitrogens with zero attached hydrogens (tertiary/aromatic N) is 1. The zero-order chi connectivity index (χ0) is 19.6. The average Bonchev–Trinajstić information content (AvgIpc) is 3.05. The molecule has 2 amide bonds. The number of likely N-dealkylation sites (tertiary alicyclic amines) is 1. The summed E-state index contributed by atoms with van der Waals surface area (Å²) in [4.78, 5) is 27.4. The predicted octanol–water partition coefficient (Wildman–Crippen LogP) is 2.82. The van der Waals surface area contributed by atoms with Crippen LogP contribution in [0.5, 0.6) is 0 Å². The van der Waals surface area contributed by atoms with Crippen molar-refractivity contribution in [2.75, 3.05) is 13.1 Å². The van der Waals surface area contributed by atoms with Crippen LogP contribution in [0.25, 0.3) is 0 Å². The van der Waals surface area contributed by atoms with E-state index in [2.05, 4.69) is 5.32 Å². The van der Waals surface area contributed by atoms with Crippen molar-refractivity contribution in [2.24, 2.45) is 11.7 Å². The number of hydrogen-bond donors (Lipinski definition) is 2. The number of alkyl halides is 2. The molecule has 8 heteroatoms. The second-order valence-corrected chi connectivity index (χ2v) is 7.80. The zero-order valence-corrected chi connectivity index (χ0v) is 15.7. The summed E-state index contributed by atoms with van der Waals surface area (Å²) in [5, 5.41) is 2.72. The summed E-state index contributed by atoms with van der Waals surface area (Å²) < 4.78 is 26.9. The first-order chi connectivity index (χ1) is 12.8. The van der Waals surface area contributed by atoms with Crippen LogP contribution < -0.4 is 11.1 Å². The molecular weight excluding hydrogens is 376 g/mol. The van der Waals surface area contributed by atoms with E-state index >= 15 is 0 Å². The van der Waals surface area contributed by atoms with Crippen molar-refractivity contribution in [1.29, 1.82) is 0 Å². The molecule has 1 aromatic rings. The van der Waals surface area contributed by atoms with Crippen molar-refractivity contribution in [2.45, 2.75) is 50.1 Å². The molecule has 5 nitrogen and oxygen atoms in total. The zero-order valence-electron chi connectivity index (χ0n) is 15.0. The first-order valence-electron chi connectivity index (χ1n) is 9.26. The van der Waals surface area contributed by atoms with Gasteiger partial charge in [-0.15, -0.1) is 0 Å². The summed E-state index contributed by atoms with van der Waals surface area (Å²) in [7, 11) is 0. The molecule has 148 valence electrons. The van der Waals surface area contributed by atoms with Crippen molar-refractivity contribution in [1.82, 2.24) is 10.2 Å². The smallest absolute Gasteiger partial charge is 0.277 e. The van der Waals surface area contributed by atoms with Crippen molar-refractivity contribution in [3.8, 4) is 0 Å². The fourth-order valence-electron chi connectivity index (χ4n) is 4.16. The van der Waals surface area contributed by atoms with Gasteiger partial charge >= 0.3 is 0 Å². The van der Waals surface area contributed by atoms with E-state index in [1.807, 2.05) is 0 Å². The Labute approximate surface area is 162 Å². The average molecular weight is 400 g/mol. The number of hydrogen-bond acceptors (Lipinski definition) is 3. The lowest BCUT2D eigenvalue weighted by Crippen LogP contribution is -2.52. The molecule has 1 saturated carbocycles. The predicted molar refractivity (Wildman–Crippen MR) is 98.8 cm³/mol. The number of amides is 2. The van der Waals surface area contributed by atoms with Gasteiger partial charge < -0.3 is 16.0 Å². The molecule has 0 bridgehead atoms. The number of carbonyl (C=O) groups is 2. The lowest BCUT2D eigenvalue weighted by atomic mass is 9.84. The minimum Gasteiger partial charge on any atom is -0.348 e. The second kappa shape index (κ2) is 8.10. The molecule has 1 aromatic carbocycles. The van der Waals surface area contributed by atoms with Crippen LogP contribution in [0.4, 0.5) is 8.78 Å². The van der Waals surface area contributed by atoms with Crippen LogP contribution in [-0.2, 0) is 4.79 Å². The van der Waals surface area contributed by atoms with Gasteiger partial charge in [-0.2, -0.15) is 0 Å². The van der Waals surface area contributed by atoms with Gasteiger partial charge in [0.15, 0.2) is 0 Å². The van der Waals surface area contributed by atoms with E-state index in [-0.39, 0.29) is 17.9 Å². The van der Waals surface area contributed by atoms with Crippen LogP contribution in [-0.4, -0.2) is 47.8 Å². The first-order valence-corrected chi connectivity index (χ1v) is 9.64. The van der Waals surface area contributed by atoms with Gasteiger partial charge in [-0.05, 0) is 43.4 Å². The van der Waals surface area contributed by atoms with E-state index in [1.54, 1.807) is 29.2 Å². The highest BCUT2D eigenvalue weighted by atomic mass is 35.5. The molecule has 3 N–H and O–H groups in total. The standard InChI is InChI=1S/C19H24ClF2N3O2/c20-14-6-3-5-13(8-14)18(27)25-15-7-2-1-4-12(15)9-16(25)17(26)24-11-19(21,22)10-23/h3,5-6,8,12,15-16H,1-2,4,7,9-11,23H2,(H,24,26). The minimum absolute atomic E-state index is 0.0454. The molecular formula is C19H24ClF2N3O2. The van der Waals surface area contributed by atoms with Gasteiger partial charge in [0.25, 0.3) is 11.8 Å². The van der Waals surface area contributed by atoms with E-state index < -0.39 is 31.0 Å². The number of nitrogens with two attached hydrogens (primary N) is 1. The largest absolute Gasteiger partial charge is 0.348 e. The number of nitrogens with one attached hydrogen (secondary N) is 1. The fraction of sp³-hybridized carbons (Fsp3) is 0.579. The lowest BCUT2D eigenvalue weighted by molar-refractivity contribution is -0.127. The van der Waals surface area contributed by atoms with Gasteiger partial charge in [0, 0.05) is 16.6 Å². The molecule has 0 aromatic heterocycles. The maximum absolute atomic E-state index is 13.4. The number of halogens is 3. The topological polar surface area (TPSA) is 75.4 Å². The van der Waals surface area contributed by atoms with Gasteiger partial charge in [-0.3, -0.25) is 9.59 Å². The highest BCUT2D eigenvalue weighted by Crippen LogP contribution is 2.40. The van der Waals surface area contributed by atoms with Crippen LogP contribution in [0.3, 0.4) is 0 Å². The van der Waals surface area contributed by atoms with E-state index in [1.165, 1.54) is 0 Å². The minimum atomic E-state index is -3.16. The molecule has 2 fully saturated rings. The van der Waals surface area contributed by atoms with E-state index in [9.17, 15) is 18.4 Å². The van der Waals surface area contributed by atoms with Crippen LogP contribution in [0, 0.1) is 5.92 Å². The summed E-state index contributed by atoms with van der Waals surface area (Å²) >= 11 is 6.00. The molecule has 1 aliphatic heterocycles. The van der Waals surface area contributed by atoms with E-state index in [0.717, 1.165) is 25.7 Å². The summed E-state index contributed by atoms with van der Waals surface area (Å²) in [6, 6.07) is 5.78. The van der Waals surface area contributed by atoms with Crippen molar-refractivity contribution >= 4 is 23.4 Å². The third-order valence-electron chi connectivity index (χ3n) is 5.52. The van der Waals surface area contributed by atoms with Gasteiger partial charge in [-0.25, -0.2) is 8.78 Å². The monoisotopic (exact) mass is 399 g/mol. The summed E-state index contributed by atoms with van der Waals surface area (Å²) in [5.41, 5.74) is 5.43. The number of carbonyl (C=O) groups excluding carboxylic acids is 2. The Kier molecular flexibility index (Phi) is 6.01. The third kappa shape index (κ3) is 4.41. The Morgan fingerprint density at radius 2 is 2.04 bits per heavy atom. The molecule has 1 heterocycles. The quantitative estimate of drug-likeness (QED) is 0.799. The SMILES string of the molecule is NCC(F)(F)CNC(=O)C1CC2CCCCC2N1C(=O)c1cccc(Cl)c1. The van der Waals surface area contributed by atoms with Crippen LogP contribution in [0.1, 0.15) is 42.5 Å². The van der Waals surface area contributed by atoms with E-state index in [0.29, 0.717) is 17.0 Å². The van der Waals surface area contributed by atoms with Crippen molar-refractivity contribution < 1.29 is 18.4 Å². The molecule has 0 radical (unpaired) electrons. The molecule has 1 saturated heterocycles. The molecule has 27 heavy (non-hydrogen) atoms. The summed E-state index contributed by atoms with van der Waals surface area (Å²) in [5.74, 6) is -3.78. The maximum Gasteiger partial charge on any atom is 0.277 e. The maximum atomic E-state index is 13.4. The third-order valence-corrected chi connectivity index (χ3v) is 5.75. The van der Waals surface area contributed by atoms with Gasteiger partial charge in [-0.1, -0.05) is 30.5 Å². The Morgan fingerprint density at radius 1 is 1.30 bits per heavy atom. The van der Waals surface area contributed by atoms with Crippen molar-refractivity contribution in [3.05, 3.63) is 34.9 Å². The van der Waals surface area contributed by atoms with Crippen molar-refractivity contribution in [3.63, 3.8) is 0 Å². The Bertz CT molecular complexity index is 716. The Hall–Kier alpha value is -1.73. The Balaban J connectivity index is 1.82. The fourth-order valence-corrected chi connectivity index (χ4v) is 4.35. The van der Waals surface area contributed by atoms with Crippen LogP contribution in [0.15, 0.2) is 24.3 Å². The molecule has 2 aliphatic rings. The molecule has 0 spiro atoms. The second-order valence-electron chi connectivity index (χ2n) is 7.36. The lowest BCUT2D eigenvalue weighted by Gasteiger charge is -2.33. The number of fused-ring (bicyclic) bond motifs is 1. The molecule has 3 atom stereocenters. The van der Waals surface area contributed by atoms with Crippen LogP contribution >= 0.6 is 11.6 Å². The van der Waals surface area contributed by atoms with Gasteiger partial charge in [0.1, 0.15) is 6.04 Å². The van der Waals surface area contributed by atoms with E-state index in [4.69, 9.17) is 17.3 Å². The Morgan fingerprint density at radius 3 is 2.74 bits per heavy atom. The normalized spacial score (nSPS) is 25.2. The van der Waals surface area contributed by atoms with Gasteiger partial charge in [0.05, 0.1) is 13.1 Å². The summed E-state index contributed by atoms with van der Waals surface area (Å²) in [6.07, 6.45) is 4.30. The molecule has 3 rings (SSSR count). The first kappa shape index (κ1) is 20.0.